The summed E-state index contributed by atoms with van der Waals surface area (Å²) < 4.78 is 40.6. The molecule has 0 radical (unpaired) electrons. The SMILES string of the molecule is Cn1cnc(-c2ccc(C(=O)Nc3cccc4c(-c5cnn(CC(F)(F)F)c5)ccnc34)cc2)n1. The molecule has 0 aliphatic carbocycles. The number of pyridine rings is 1. The van der Waals surface area contributed by atoms with Gasteiger partial charge in [-0.15, -0.1) is 0 Å². The highest BCUT2D eigenvalue weighted by atomic mass is 19.4. The Bertz CT molecular complexity index is 1520. The Balaban J connectivity index is 1.41. The van der Waals surface area contributed by atoms with Crippen LogP contribution in [0.15, 0.2) is 73.4 Å². The lowest BCUT2D eigenvalue weighted by Crippen LogP contribution is -2.17. The zero-order valence-electron chi connectivity index (χ0n) is 18.4. The van der Waals surface area contributed by atoms with Gasteiger partial charge in [0, 0.05) is 41.5 Å². The van der Waals surface area contributed by atoms with Crippen molar-refractivity contribution in [2.75, 3.05) is 5.32 Å². The minimum Gasteiger partial charge on any atom is -0.320 e. The molecule has 0 saturated carbocycles. The van der Waals surface area contributed by atoms with Gasteiger partial charge in [-0.25, -0.2) is 4.98 Å². The van der Waals surface area contributed by atoms with Crippen LogP contribution in [-0.4, -0.2) is 41.6 Å². The van der Waals surface area contributed by atoms with Gasteiger partial charge < -0.3 is 5.32 Å². The summed E-state index contributed by atoms with van der Waals surface area (Å²) in [7, 11) is 1.77. The summed E-state index contributed by atoms with van der Waals surface area (Å²) in [4.78, 5) is 21.5. The number of para-hydroxylation sites is 1. The number of aromatic nitrogens is 6. The van der Waals surface area contributed by atoms with E-state index < -0.39 is 12.7 Å². The lowest BCUT2D eigenvalue weighted by Gasteiger charge is -2.11. The van der Waals surface area contributed by atoms with E-state index in [1.807, 2.05) is 0 Å². The standard InChI is InChI=1S/C24H18F3N7O/c1-33-14-29-22(32-33)15-5-7-16(8-6-15)23(35)31-20-4-2-3-19-18(9-10-28-21(19)20)17-11-30-34(12-17)13-24(25,26)27/h2-12,14H,13H2,1H3,(H,31,35). The summed E-state index contributed by atoms with van der Waals surface area (Å²) in [6.45, 7) is -1.17. The molecule has 35 heavy (non-hydrogen) atoms. The lowest BCUT2D eigenvalue weighted by molar-refractivity contribution is -0.142. The number of hydrogen-bond donors (Lipinski definition) is 1. The first kappa shape index (κ1) is 22.3. The van der Waals surface area contributed by atoms with Gasteiger partial charge in [-0.2, -0.15) is 23.4 Å². The van der Waals surface area contributed by atoms with Gasteiger partial charge in [0.2, 0.25) is 0 Å². The number of aryl methyl sites for hydroxylation is 1. The predicted molar refractivity (Wildman–Crippen MR) is 123 cm³/mol. The van der Waals surface area contributed by atoms with Crippen LogP contribution in [0, 0.1) is 0 Å². The number of carbonyl (C=O) groups is 1. The van der Waals surface area contributed by atoms with E-state index in [2.05, 4.69) is 25.5 Å². The Kier molecular flexibility index (Phi) is 5.51. The smallest absolute Gasteiger partial charge is 0.320 e. The number of anilines is 1. The second kappa shape index (κ2) is 8.67. The van der Waals surface area contributed by atoms with Crippen LogP contribution >= 0.6 is 0 Å². The van der Waals surface area contributed by atoms with Gasteiger partial charge in [0.1, 0.15) is 12.9 Å². The molecule has 11 heteroatoms. The van der Waals surface area contributed by atoms with Crippen LogP contribution in [0.4, 0.5) is 18.9 Å². The molecule has 3 heterocycles. The van der Waals surface area contributed by atoms with Crippen LogP contribution in [0.3, 0.4) is 0 Å². The summed E-state index contributed by atoms with van der Waals surface area (Å²) in [5, 5.41) is 11.6. The van der Waals surface area contributed by atoms with Crippen LogP contribution in [-0.2, 0) is 13.6 Å². The zero-order valence-corrected chi connectivity index (χ0v) is 18.4. The van der Waals surface area contributed by atoms with Gasteiger partial charge >= 0.3 is 6.18 Å². The normalized spacial score (nSPS) is 11.7. The van der Waals surface area contributed by atoms with Crippen molar-refractivity contribution >= 4 is 22.5 Å². The molecule has 5 rings (SSSR count). The number of rotatable bonds is 5. The number of benzene rings is 2. The van der Waals surface area contributed by atoms with Gasteiger partial charge in [0.05, 0.1) is 17.4 Å². The number of hydrogen-bond acceptors (Lipinski definition) is 5. The number of nitrogens with zero attached hydrogens (tertiary/aromatic N) is 6. The highest BCUT2D eigenvalue weighted by Crippen LogP contribution is 2.31. The summed E-state index contributed by atoms with van der Waals surface area (Å²) in [5.41, 5.74) is 3.38. The molecule has 0 unspecified atom stereocenters. The monoisotopic (exact) mass is 477 g/mol. The van der Waals surface area contributed by atoms with Crippen LogP contribution in [0.5, 0.6) is 0 Å². The molecule has 1 N–H and O–H groups in total. The van der Waals surface area contributed by atoms with Crippen LogP contribution in [0.25, 0.3) is 33.4 Å². The number of amides is 1. The first-order chi connectivity index (χ1) is 16.8. The topological polar surface area (TPSA) is 90.5 Å². The second-order valence-electron chi connectivity index (χ2n) is 7.88. The second-order valence-corrected chi connectivity index (χ2v) is 7.88. The largest absolute Gasteiger partial charge is 0.408 e. The molecule has 0 spiro atoms. The van der Waals surface area contributed by atoms with Gasteiger partial charge in [-0.1, -0.05) is 24.3 Å². The molecule has 0 bridgehead atoms. The first-order valence-electron chi connectivity index (χ1n) is 10.5. The fourth-order valence-corrected chi connectivity index (χ4v) is 3.74. The molecule has 1 amide bonds. The summed E-state index contributed by atoms with van der Waals surface area (Å²) in [5.74, 6) is 0.229. The summed E-state index contributed by atoms with van der Waals surface area (Å²) >= 11 is 0. The number of halogens is 3. The van der Waals surface area contributed by atoms with Crippen LogP contribution < -0.4 is 5.32 Å². The van der Waals surface area contributed by atoms with E-state index in [0.29, 0.717) is 39.1 Å². The van der Waals surface area contributed by atoms with Crippen molar-refractivity contribution in [3.05, 3.63) is 79.0 Å². The molecule has 5 aromatic rings. The minimum atomic E-state index is -4.37. The van der Waals surface area contributed by atoms with E-state index in [1.54, 1.807) is 72.8 Å². The van der Waals surface area contributed by atoms with Crippen molar-refractivity contribution in [1.29, 1.82) is 0 Å². The van der Waals surface area contributed by atoms with E-state index >= 15 is 0 Å². The molecular formula is C24H18F3N7O. The average Bonchev–Trinajstić information content (AvgIpc) is 3.47. The summed E-state index contributed by atoms with van der Waals surface area (Å²) in [6, 6.07) is 13.9. The van der Waals surface area contributed by atoms with Gasteiger partial charge in [-0.3, -0.25) is 19.1 Å². The Labute approximate surface area is 197 Å². The van der Waals surface area contributed by atoms with E-state index in [9.17, 15) is 18.0 Å². The molecule has 2 aromatic carbocycles. The fourth-order valence-electron chi connectivity index (χ4n) is 3.74. The summed E-state index contributed by atoms with van der Waals surface area (Å²) in [6.07, 6.45) is 1.49. The minimum absolute atomic E-state index is 0.330. The fraction of sp³-hybridized carbons (Fsp3) is 0.125. The van der Waals surface area contributed by atoms with Gasteiger partial charge in [-0.05, 0) is 29.8 Å². The Morgan fingerprint density at radius 3 is 2.54 bits per heavy atom. The van der Waals surface area contributed by atoms with E-state index in [-0.39, 0.29) is 5.91 Å². The Morgan fingerprint density at radius 2 is 1.83 bits per heavy atom. The predicted octanol–water partition coefficient (Wildman–Crippen LogP) is 4.71. The Morgan fingerprint density at radius 1 is 1.03 bits per heavy atom. The van der Waals surface area contributed by atoms with Crippen molar-refractivity contribution < 1.29 is 18.0 Å². The van der Waals surface area contributed by atoms with Crippen molar-refractivity contribution in [2.24, 2.45) is 7.05 Å². The van der Waals surface area contributed by atoms with Crippen LogP contribution in [0.2, 0.25) is 0 Å². The quantitative estimate of drug-likeness (QED) is 0.396. The number of nitrogens with one attached hydrogen (secondary N) is 1. The molecule has 0 aliphatic heterocycles. The van der Waals surface area contributed by atoms with Crippen molar-refractivity contribution in [3.63, 3.8) is 0 Å². The molecule has 176 valence electrons. The third-order valence-corrected chi connectivity index (χ3v) is 5.31. The molecule has 0 aliphatic rings. The van der Waals surface area contributed by atoms with Crippen molar-refractivity contribution in [1.82, 2.24) is 29.5 Å². The molecular weight excluding hydrogens is 459 g/mol. The Hall–Kier alpha value is -4.54. The first-order valence-corrected chi connectivity index (χ1v) is 10.5. The number of carbonyl (C=O) groups excluding carboxylic acids is 1. The van der Waals surface area contributed by atoms with Gasteiger partial charge in [0.25, 0.3) is 5.91 Å². The van der Waals surface area contributed by atoms with Crippen molar-refractivity contribution in [2.45, 2.75) is 12.7 Å². The van der Waals surface area contributed by atoms with Crippen molar-refractivity contribution in [3.8, 4) is 22.5 Å². The average molecular weight is 477 g/mol. The van der Waals surface area contributed by atoms with Gasteiger partial charge in [0.15, 0.2) is 5.82 Å². The number of alkyl halides is 3. The van der Waals surface area contributed by atoms with E-state index in [0.717, 1.165) is 10.2 Å². The number of fused-ring (bicyclic) bond motifs is 1. The molecule has 0 fully saturated rings. The van der Waals surface area contributed by atoms with Crippen LogP contribution in [0.1, 0.15) is 10.4 Å². The molecule has 0 saturated heterocycles. The maximum Gasteiger partial charge on any atom is 0.408 e. The molecule has 3 aromatic heterocycles. The molecule has 0 atom stereocenters. The van der Waals surface area contributed by atoms with E-state index in [1.165, 1.54) is 12.4 Å². The zero-order chi connectivity index (χ0) is 24.6. The maximum atomic E-state index is 12.9. The highest BCUT2D eigenvalue weighted by Gasteiger charge is 2.28. The molecule has 8 nitrogen and oxygen atoms in total. The third kappa shape index (κ3) is 4.74. The van der Waals surface area contributed by atoms with E-state index in [4.69, 9.17) is 0 Å². The highest BCUT2D eigenvalue weighted by molar-refractivity contribution is 6.10. The lowest BCUT2D eigenvalue weighted by atomic mass is 10.0. The maximum absolute atomic E-state index is 12.9. The third-order valence-electron chi connectivity index (χ3n) is 5.31.